The maximum absolute atomic E-state index is 12.3. The molecule has 0 atom stereocenters. The van der Waals surface area contributed by atoms with E-state index >= 15 is 0 Å². The highest BCUT2D eigenvalue weighted by molar-refractivity contribution is 6.31. The normalized spacial score (nSPS) is 11.8. The highest BCUT2D eigenvalue weighted by Crippen LogP contribution is 2.27. The predicted octanol–water partition coefficient (Wildman–Crippen LogP) is 2.58. The second kappa shape index (κ2) is 4.49. The first-order valence-electron chi connectivity index (χ1n) is 4.88. The Morgan fingerprint density at radius 2 is 2.00 bits per heavy atom. The molecule has 0 aliphatic heterocycles. The van der Waals surface area contributed by atoms with Crippen molar-refractivity contribution >= 4 is 17.4 Å². The van der Waals surface area contributed by atoms with E-state index in [-0.39, 0.29) is 12.4 Å². The molecular formula is C10H8ClF3N4. The molecule has 96 valence electrons. The SMILES string of the molecule is Nc1ccc(Cl)c(Cn2ccc(C(F)(F)F)n2)n1. The molecule has 0 bridgehead atoms. The molecule has 0 unspecified atom stereocenters. The molecule has 0 spiro atoms. The maximum atomic E-state index is 12.3. The largest absolute Gasteiger partial charge is 0.435 e. The molecule has 2 aromatic heterocycles. The lowest BCUT2D eigenvalue weighted by atomic mass is 10.3. The van der Waals surface area contributed by atoms with Crippen LogP contribution in [0.5, 0.6) is 0 Å². The number of anilines is 1. The van der Waals surface area contributed by atoms with Crippen molar-refractivity contribution in [2.75, 3.05) is 5.73 Å². The third kappa shape index (κ3) is 2.73. The van der Waals surface area contributed by atoms with Crippen LogP contribution in [0.15, 0.2) is 24.4 Å². The van der Waals surface area contributed by atoms with E-state index < -0.39 is 11.9 Å². The molecule has 0 fully saturated rings. The lowest BCUT2D eigenvalue weighted by Gasteiger charge is -2.05. The first kappa shape index (κ1) is 12.7. The molecule has 0 aliphatic carbocycles. The van der Waals surface area contributed by atoms with Crippen LogP contribution in [0.25, 0.3) is 0 Å². The lowest BCUT2D eigenvalue weighted by molar-refractivity contribution is -0.141. The van der Waals surface area contributed by atoms with Gasteiger partial charge in [0.2, 0.25) is 0 Å². The minimum atomic E-state index is -4.46. The average Bonchev–Trinajstić information content (AvgIpc) is 2.71. The Kier molecular flexibility index (Phi) is 3.16. The molecule has 0 saturated heterocycles. The number of nitrogen functional groups attached to an aromatic ring is 1. The Bertz CT molecular complexity index is 564. The van der Waals surface area contributed by atoms with Gasteiger partial charge in [0.1, 0.15) is 5.82 Å². The quantitative estimate of drug-likeness (QED) is 0.917. The number of hydrogen-bond donors (Lipinski definition) is 1. The molecule has 0 radical (unpaired) electrons. The van der Waals surface area contributed by atoms with Crippen LogP contribution in [0.1, 0.15) is 11.4 Å². The summed E-state index contributed by atoms with van der Waals surface area (Å²) in [5.74, 6) is 0.248. The van der Waals surface area contributed by atoms with Gasteiger partial charge in [-0.05, 0) is 18.2 Å². The van der Waals surface area contributed by atoms with Gasteiger partial charge in [0, 0.05) is 6.20 Å². The zero-order chi connectivity index (χ0) is 13.3. The highest BCUT2D eigenvalue weighted by atomic mass is 35.5. The van der Waals surface area contributed by atoms with E-state index in [1.807, 2.05) is 0 Å². The molecule has 4 nitrogen and oxygen atoms in total. The topological polar surface area (TPSA) is 56.7 Å². The molecule has 2 rings (SSSR count). The second-order valence-corrected chi connectivity index (χ2v) is 3.97. The summed E-state index contributed by atoms with van der Waals surface area (Å²) in [7, 11) is 0. The molecule has 0 aliphatic rings. The van der Waals surface area contributed by atoms with Gasteiger partial charge in [-0.1, -0.05) is 11.6 Å². The molecular weight excluding hydrogens is 269 g/mol. The van der Waals surface area contributed by atoms with Gasteiger partial charge in [-0.25, -0.2) is 4.98 Å². The van der Waals surface area contributed by atoms with Crippen LogP contribution in [-0.4, -0.2) is 14.8 Å². The minimum Gasteiger partial charge on any atom is -0.384 e. The number of pyridine rings is 1. The Balaban J connectivity index is 2.24. The van der Waals surface area contributed by atoms with Gasteiger partial charge in [0.15, 0.2) is 5.69 Å². The average molecular weight is 277 g/mol. The van der Waals surface area contributed by atoms with Crippen LogP contribution in [0, 0.1) is 0 Å². The Labute approximate surface area is 105 Å². The standard InChI is InChI=1S/C10H8ClF3N4/c11-6-1-2-9(15)16-7(6)5-18-4-3-8(17-18)10(12,13)14/h1-4H,5H2,(H2,15,16). The van der Waals surface area contributed by atoms with E-state index in [1.54, 1.807) is 0 Å². The summed E-state index contributed by atoms with van der Waals surface area (Å²) in [6, 6.07) is 3.93. The first-order valence-corrected chi connectivity index (χ1v) is 5.25. The zero-order valence-corrected chi connectivity index (χ0v) is 9.70. The molecule has 8 heteroatoms. The van der Waals surface area contributed by atoms with Crippen LogP contribution in [0.4, 0.5) is 19.0 Å². The van der Waals surface area contributed by atoms with Crippen molar-refractivity contribution in [1.29, 1.82) is 0 Å². The van der Waals surface area contributed by atoms with Gasteiger partial charge in [0.25, 0.3) is 0 Å². The Morgan fingerprint density at radius 3 is 2.61 bits per heavy atom. The third-order valence-electron chi connectivity index (χ3n) is 2.18. The smallest absolute Gasteiger partial charge is 0.384 e. The second-order valence-electron chi connectivity index (χ2n) is 3.56. The molecule has 0 aromatic carbocycles. The summed E-state index contributed by atoms with van der Waals surface area (Å²) in [6.45, 7) is 0.0277. The fraction of sp³-hybridized carbons (Fsp3) is 0.200. The monoisotopic (exact) mass is 276 g/mol. The summed E-state index contributed by atoms with van der Waals surface area (Å²) in [5, 5.41) is 3.73. The predicted molar refractivity (Wildman–Crippen MR) is 60.0 cm³/mol. The van der Waals surface area contributed by atoms with E-state index in [0.717, 1.165) is 10.7 Å². The summed E-state index contributed by atoms with van der Waals surface area (Å²) in [4.78, 5) is 3.94. The number of nitrogens with zero attached hydrogens (tertiary/aromatic N) is 3. The molecule has 0 amide bonds. The molecule has 2 aromatic rings. The Hall–Kier alpha value is -1.76. The van der Waals surface area contributed by atoms with E-state index in [9.17, 15) is 13.2 Å². The third-order valence-corrected chi connectivity index (χ3v) is 2.53. The fourth-order valence-corrected chi connectivity index (χ4v) is 1.53. The van der Waals surface area contributed by atoms with Crippen molar-refractivity contribution in [1.82, 2.24) is 14.8 Å². The molecule has 2 heterocycles. The van der Waals surface area contributed by atoms with Gasteiger partial charge in [-0.15, -0.1) is 0 Å². The van der Waals surface area contributed by atoms with Crippen LogP contribution < -0.4 is 5.73 Å². The fourth-order valence-electron chi connectivity index (χ4n) is 1.37. The van der Waals surface area contributed by atoms with E-state index in [1.165, 1.54) is 18.3 Å². The summed E-state index contributed by atoms with van der Waals surface area (Å²) >= 11 is 5.86. The number of halogens is 4. The maximum Gasteiger partial charge on any atom is 0.435 e. The van der Waals surface area contributed by atoms with Crippen molar-refractivity contribution in [3.05, 3.63) is 40.8 Å². The molecule has 2 N–H and O–H groups in total. The van der Waals surface area contributed by atoms with Gasteiger partial charge < -0.3 is 5.73 Å². The van der Waals surface area contributed by atoms with Crippen molar-refractivity contribution < 1.29 is 13.2 Å². The van der Waals surface area contributed by atoms with Crippen molar-refractivity contribution in [2.45, 2.75) is 12.7 Å². The Morgan fingerprint density at radius 1 is 1.28 bits per heavy atom. The minimum absolute atomic E-state index is 0.0277. The van der Waals surface area contributed by atoms with Gasteiger partial charge in [-0.3, -0.25) is 4.68 Å². The van der Waals surface area contributed by atoms with Crippen molar-refractivity contribution in [2.24, 2.45) is 0 Å². The molecule has 0 saturated carbocycles. The summed E-state index contributed by atoms with van der Waals surface area (Å²) in [5.41, 5.74) is 4.89. The van der Waals surface area contributed by atoms with E-state index in [2.05, 4.69) is 10.1 Å². The van der Waals surface area contributed by atoms with Crippen LogP contribution >= 0.6 is 11.6 Å². The first-order chi connectivity index (χ1) is 8.36. The number of hydrogen-bond acceptors (Lipinski definition) is 3. The number of rotatable bonds is 2. The molecule has 18 heavy (non-hydrogen) atoms. The number of nitrogens with two attached hydrogens (primary N) is 1. The summed E-state index contributed by atoms with van der Waals surface area (Å²) < 4.78 is 38.1. The van der Waals surface area contributed by atoms with Gasteiger partial charge >= 0.3 is 6.18 Å². The van der Waals surface area contributed by atoms with Crippen LogP contribution in [0.3, 0.4) is 0 Å². The summed E-state index contributed by atoms with van der Waals surface area (Å²) in [6.07, 6.45) is -3.25. The van der Waals surface area contributed by atoms with Crippen molar-refractivity contribution in [3.63, 3.8) is 0 Å². The van der Waals surface area contributed by atoms with Gasteiger partial charge in [0.05, 0.1) is 17.3 Å². The lowest BCUT2D eigenvalue weighted by Crippen LogP contribution is -2.09. The van der Waals surface area contributed by atoms with E-state index in [0.29, 0.717) is 10.7 Å². The van der Waals surface area contributed by atoms with Crippen molar-refractivity contribution in [3.8, 4) is 0 Å². The van der Waals surface area contributed by atoms with Crippen LogP contribution in [-0.2, 0) is 12.7 Å². The van der Waals surface area contributed by atoms with Gasteiger partial charge in [-0.2, -0.15) is 18.3 Å². The zero-order valence-electron chi connectivity index (χ0n) is 8.95. The number of aromatic nitrogens is 3. The number of alkyl halides is 3. The van der Waals surface area contributed by atoms with Crippen LogP contribution in [0.2, 0.25) is 5.02 Å². The van der Waals surface area contributed by atoms with E-state index in [4.69, 9.17) is 17.3 Å². The highest BCUT2D eigenvalue weighted by Gasteiger charge is 2.33.